The Balaban J connectivity index is 1.27. The number of ether oxygens (including phenoxy) is 2. The van der Waals surface area contributed by atoms with Crippen LogP contribution in [-0.4, -0.2) is 55.5 Å². The van der Waals surface area contributed by atoms with Gasteiger partial charge in [0.05, 0.1) is 24.5 Å². The van der Waals surface area contributed by atoms with E-state index < -0.39 is 23.9 Å². The number of rotatable bonds is 9. The van der Waals surface area contributed by atoms with Crippen LogP contribution >= 0.6 is 0 Å². The number of alkyl carbamates (subject to hydrolysis) is 1. The maximum atomic E-state index is 12.7. The smallest absolute Gasteiger partial charge is 0.407 e. The third-order valence-electron chi connectivity index (χ3n) is 6.89. The molecule has 186 valence electrons. The Bertz CT molecular complexity index is 1040. The molecule has 4 rings (SSSR count). The maximum Gasteiger partial charge on any atom is 0.407 e. The average molecular weight is 481 g/mol. The normalized spacial score (nSPS) is 19.6. The molecule has 8 nitrogen and oxygen atoms in total. The predicted molar refractivity (Wildman–Crippen MR) is 130 cm³/mol. The lowest BCUT2D eigenvalue weighted by Crippen LogP contribution is -2.43. The zero-order chi connectivity index (χ0) is 24.9. The van der Waals surface area contributed by atoms with Crippen molar-refractivity contribution in [3.63, 3.8) is 0 Å². The second-order valence-corrected chi connectivity index (χ2v) is 9.53. The number of aliphatic carboxylic acids is 1. The Kier molecular flexibility index (Phi) is 7.70. The van der Waals surface area contributed by atoms with E-state index in [4.69, 9.17) is 14.6 Å². The summed E-state index contributed by atoms with van der Waals surface area (Å²) < 4.78 is 11.0. The molecule has 35 heavy (non-hydrogen) atoms. The fourth-order valence-electron chi connectivity index (χ4n) is 4.84. The summed E-state index contributed by atoms with van der Waals surface area (Å²) in [5, 5.41) is 14.7. The minimum absolute atomic E-state index is 0.0137. The van der Waals surface area contributed by atoms with Gasteiger partial charge in [0.15, 0.2) is 0 Å². The molecule has 2 amide bonds. The highest BCUT2D eigenvalue weighted by Gasteiger charge is 2.32. The number of carbonyl (C=O) groups excluding carboxylic acids is 2. The molecule has 1 unspecified atom stereocenters. The molecule has 0 aromatic heterocycles. The number of amides is 2. The number of hydrogen-bond acceptors (Lipinski definition) is 5. The molecule has 0 radical (unpaired) electrons. The van der Waals surface area contributed by atoms with Crippen molar-refractivity contribution in [1.82, 2.24) is 10.6 Å². The van der Waals surface area contributed by atoms with Crippen LogP contribution in [0.25, 0.3) is 11.1 Å². The van der Waals surface area contributed by atoms with Crippen LogP contribution < -0.4 is 10.6 Å². The van der Waals surface area contributed by atoms with Gasteiger partial charge in [-0.15, -0.1) is 0 Å². The number of carbonyl (C=O) groups is 3. The summed E-state index contributed by atoms with van der Waals surface area (Å²) in [6, 6.07) is 16.3. The Labute approximate surface area is 205 Å². The molecule has 1 aliphatic carbocycles. The van der Waals surface area contributed by atoms with Crippen LogP contribution in [0.5, 0.6) is 0 Å². The Morgan fingerprint density at radius 3 is 2.23 bits per heavy atom. The van der Waals surface area contributed by atoms with Gasteiger partial charge in [-0.05, 0) is 34.6 Å². The van der Waals surface area contributed by atoms with Crippen molar-refractivity contribution in [3.8, 4) is 11.1 Å². The Morgan fingerprint density at radius 2 is 1.66 bits per heavy atom. The molecule has 0 spiro atoms. The number of nitrogens with one attached hydrogen (secondary N) is 2. The van der Waals surface area contributed by atoms with Gasteiger partial charge in [-0.1, -0.05) is 62.4 Å². The van der Waals surface area contributed by atoms with E-state index in [0.29, 0.717) is 6.42 Å². The highest BCUT2D eigenvalue weighted by Crippen LogP contribution is 2.44. The van der Waals surface area contributed by atoms with Crippen LogP contribution in [0.4, 0.5) is 4.79 Å². The van der Waals surface area contributed by atoms with Crippen LogP contribution in [0.2, 0.25) is 0 Å². The minimum Gasteiger partial charge on any atom is -0.481 e. The van der Waals surface area contributed by atoms with Crippen LogP contribution in [0.1, 0.15) is 37.3 Å². The minimum atomic E-state index is -0.883. The number of benzene rings is 2. The lowest BCUT2D eigenvalue weighted by atomic mass is 9.94. The Hall–Kier alpha value is -3.39. The molecule has 3 atom stereocenters. The van der Waals surface area contributed by atoms with Crippen molar-refractivity contribution in [1.29, 1.82) is 0 Å². The van der Waals surface area contributed by atoms with E-state index in [9.17, 15) is 14.4 Å². The molecule has 8 heteroatoms. The van der Waals surface area contributed by atoms with Gasteiger partial charge in [0.2, 0.25) is 5.91 Å². The standard InChI is InChI=1S/C27H32N2O6/c1-16(2)23(25(30)28-12-18-11-17(14-34-18)26(31)32)13-29-27(33)35-15-24-21-9-5-3-7-19(21)20-8-4-6-10-22(20)24/h3-10,16-18,23-24H,11-15H2,1-2H3,(H,28,30)(H,29,33)(H,31,32)/t17-,18-,23?/m0/s1. The van der Waals surface area contributed by atoms with Gasteiger partial charge >= 0.3 is 12.1 Å². The highest BCUT2D eigenvalue weighted by molar-refractivity contribution is 5.80. The molecule has 0 bridgehead atoms. The van der Waals surface area contributed by atoms with Gasteiger partial charge in [0.25, 0.3) is 0 Å². The second-order valence-electron chi connectivity index (χ2n) is 9.53. The summed E-state index contributed by atoms with van der Waals surface area (Å²) in [6.07, 6.45) is -0.503. The zero-order valence-corrected chi connectivity index (χ0v) is 20.0. The van der Waals surface area contributed by atoms with Gasteiger partial charge in [0, 0.05) is 19.0 Å². The maximum absolute atomic E-state index is 12.7. The summed E-state index contributed by atoms with van der Waals surface area (Å²) in [4.78, 5) is 36.3. The Morgan fingerprint density at radius 1 is 1.03 bits per heavy atom. The third kappa shape index (κ3) is 5.65. The van der Waals surface area contributed by atoms with E-state index >= 15 is 0 Å². The molecule has 1 heterocycles. The van der Waals surface area contributed by atoms with Crippen molar-refractivity contribution in [2.45, 2.75) is 32.3 Å². The first-order valence-corrected chi connectivity index (χ1v) is 12.1. The largest absolute Gasteiger partial charge is 0.481 e. The molecular formula is C27H32N2O6. The summed E-state index contributed by atoms with van der Waals surface area (Å²) in [5.41, 5.74) is 4.60. The van der Waals surface area contributed by atoms with Crippen molar-refractivity contribution < 1.29 is 29.0 Å². The molecule has 2 aromatic rings. The highest BCUT2D eigenvalue weighted by atomic mass is 16.5. The molecule has 1 fully saturated rings. The zero-order valence-electron chi connectivity index (χ0n) is 20.0. The van der Waals surface area contributed by atoms with E-state index in [2.05, 4.69) is 34.9 Å². The molecular weight excluding hydrogens is 448 g/mol. The number of hydrogen-bond donors (Lipinski definition) is 3. The van der Waals surface area contributed by atoms with E-state index in [-0.39, 0.29) is 50.2 Å². The van der Waals surface area contributed by atoms with Crippen LogP contribution in [0.15, 0.2) is 48.5 Å². The first-order chi connectivity index (χ1) is 16.8. The van der Waals surface area contributed by atoms with Crippen molar-refractivity contribution in [2.24, 2.45) is 17.8 Å². The topological polar surface area (TPSA) is 114 Å². The van der Waals surface area contributed by atoms with Crippen LogP contribution in [0, 0.1) is 17.8 Å². The summed E-state index contributed by atoms with van der Waals surface area (Å²) in [5.74, 6) is -2.12. The van der Waals surface area contributed by atoms with Crippen molar-refractivity contribution in [3.05, 3.63) is 59.7 Å². The third-order valence-corrected chi connectivity index (χ3v) is 6.89. The molecule has 2 aromatic carbocycles. The average Bonchev–Trinajstić information content (AvgIpc) is 3.44. The van der Waals surface area contributed by atoms with E-state index in [1.807, 2.05) is 38.1 Å². The first kappa shape index (κ1) is 24.7. The molecule has 1 aliphatic heterocycles. The van der Waals surface area contributed by atoms with Gasteiger partial charge in [-0.25, -0.2) is 4.79 Å². The van der Waals surface area contributed by atoms with Gasteiger partial charge in [-0.2, -0.15) is 0 Å². The SMILES string of the molecule is CC(C)C(CNC(=O)OCC1c2ccccc2-c2ccccc21)C(=O)NC[C@@H]1C[C@H](C(=O)O)CO1. The molecule has 1 saturated heterocycles. The summed E-state index contributed by atoms with van der Waals surface area (Å²) >= 11 is 0. The summed E-state index contributed by atoms with van der Waals surface area (Å²) in [6.45, 7) is 4.58. The van der Waals surface area contributed by atoms with Crippen LogP contribution in [-0.2, 0) is 19.1 Å². The lowest BCUT2D eigenvalue weighted by molar-refractivity contribution is -0.141. The first-order valence-electron chi connectivity index (χ1n) is 12.1. The fourth-order valence-corrected chi connectivity index (χ4v) is 4.84. The molecule has 3 N–H and O–H groups in total. The van der Waals surface area contributed by atoms with Crippen molar-refractivity contribution >= 4 is 18.0 Å². The predicted octanol–water partition coefficient (Wildman–Crippen LogP) is 3.40. The van der Waals surface area contributed by atoms with Crippen LogP contribution in [0.3, 0.4) is 0 Å². The van der Waals surface area contributed by atoms with E-state index in [1.54, 1.807) is 0 Å². The van der Waals surface area contributed by atoms with E-state index in [1.165, 1.54) is 0 Å². The number of carboxylic acid groups (broad SMARTS) is 1. The second kappa shape index (κ2) is 10.9. The van der Waals surface area contributed by atoms with Gasteiger partial charge < -0.3 is 25.2 Å². The van der Waals surface area contributed by atoms with Crippen molar-refractivity contribution in [2.75, 3.05) is 26.3 Å². The fraction of sp³-hybridized carbons (Fsp3) is 0.444. The van der Waals surface area contributed by atoms with Gasteiger partial charge in [-0.3, -0.25) is 9.59 Å². The monoisotopic (exact) mass is 480 g/mol. The quantitative estimate of drug-likeness (QED) is 0.507. The molecule has 0 saturated carbocycles. The molecule has 2 aliphatic rings. The number of carboxylic acids is 1. The number of fused-ring (bicyclic) bond motifs is 3. The summed E-state index contributed by atoms with van der Waals surface area (Å²) in [7, 11) is 0. The van der Waals surface area contributed by atoms with Gasteiger partial charge in [0.1, 0.15) is 6.61 Å². The lowest BCUT2D eigenvalue weighted by Gasteiger charge is -2.22. The van der Waals surface area contributed by atoms with E-state index in [0.717, 1.165) is 22.3 Å².